The molecule has 29 heavy (non-hydrogen) atoms. The van der Waals surface area contributed by atoms with Crippen LogP contribution < -0.4 is 10.6 Å². The van der Waals surface area contributed by atoms with E-state index in [1.54, 1.807) is 18.2 Å². The molecule has 0 radical (unpaired) electrons. The lowest BCUT2D eigenvalue weighted by Crippen LogP contribution is -2.34. The van der Waals surface area contributed by atoms with Crippen molar-refractivity contribution in [2.24, 2.45) is 0 Å². The zero-order chi connectivity index (χ0) is 21.0. The Morgan fingerprint density at radius 3 is 2.38 bits per heavy atom. The Morgan fingerprint density at radius 2 is 1.69 bits per heavy atom. The Bertz CT molecular complexity index is 880. The van der Waals surface area contributed by atoms with Crippen LogP contribution in [0.1, 0.15) is 53.5 Å². The fraction of sp³-hybridized carbons (Fsp3) is 0.391. The van der Waals surface area contributed by atoms with Crippen LogP contribution in [0.15, 0.2) is 42.5 Å². The predicted molar refractivity (Wildman–Crippen MR) is 118 cm³/mol. The summed E-state index contributed by atoms with van der Waals surface area (Å²) in [5.41, 5.74) is 2.69. The van der Waals surface area contributed by atoms with Gasteiger partial charge in [-0.05, 0) is 54.3 Å². The van der Waals surface area contributed by atoms with Gasteiger partial charge in [-0.1, -0.05) is 44.5 Å². The molecule has 154 valence electrons. The van der Waals surface area contributed by atoms with Crippen LogP contribution in [0.3, 0.4) is 0 Å². The molecule has 0 unspecified atom stereocenters. The first-order valence-electron chi connectivity index (χ1n) is 9.97. The fourth-order valence-electron chi connectivity index (χ4n) is 3.30. The van der Waals surface area contributed by atoms with Gasteiger partial charge in [0.2, 0.25) is 0 Å². The third kappa shape index (κ3) is 5.37. The molecule has 0 spiro atoms. The van der Waals surface area contributed by atoms with Crippen LogP contribution in [-0.2, 0) is 5.41 Å². The van der Waals surface area contributed by atoms with Gasteiger partial charge >= 0.3 is 0 Å². The van der Waals surface area contributed by atoms with Crippen molar-refractivity contribution < 1.29 is 9.59 Å². The van der Waals surface area contributed by atoms with E-state index in [4.69, 9.17) is 11.6 Å². The number of hydrogen-bond donors (Lipinski definition) is 2. The second-order valence-electron chi connectivity index (χ2n) is 8.37. The molecule has 2 aromatic carbocycles. The number of anilines is 1. The number of amides is 2. The number of nitrogens with zero attached hydrogens (tertiary/aromatic N) is 1. The molecule has 2 aromatic rings. The van der Waals surface area contributed by atoms with Gasteiger partial charge < -0.3 is 15.5 Å². The molecule has 5 nitrogen and oxygen atoms in total. The minimum atomic E-state index is -0.254. The number of rotatable bonds is 3. The quantitative estimate of drug-likeness (QED) is 0.787. The van der Waals surface area contributed by atoms with Crippen LogP contribution in [0.25, 0.3) is 0 Å². The van der Waals surface area contributed by atoms with Crippen LogP contribution in [0.2, 0.25) is 5.02 Å². The summed E-state index contributed by atoms with van der Waals surface area (Å²) < 4.78 is 0. The molecule has 6 heteroatoms. The van der Waals surface area contributed by atoms with Gasteiger partial charge in [0.1, 0.15) is 0 Å². The van der Waals surface area contributed by atoms with Crippen LogP contribution >= 0.6 is 11.6 Å². The Hall–Kier alpha value is -2.37. The highest BCUT2D eigenvalue weighted by Gasteiger charge is 2.19. The molecule has 1 fully saturated rings. The molecule has 1 heterocycles. The van der Waals surface area contributed by atoms with E-state index in [1.807, 2.05) is 29.2 Å². The smallest absolute Gasteiger partial charge is 0.255 e. The first-order valence-corrected chi connectivity index (χ1v) is 10.3. The van der Waals surface area contributed by atoms with Crippen molar-refractivity contribution in [2.45, 2.75) is 32.6 Å². The molecule has 0 saturated carbocycles. The fourth-order valence-corrected chi connectivity index (χ4v) is 3.47. The average Bonchev–Trinajstić information content (AvgIpc) is 2.98. The number of nitrogens with one attached hydrogen (secondary N) is 2. The normalized spacial score (nSPS) is 15.0. The number of carbonyl (C=O) groups excluding carboxylic acids is 2. The molecular weight excluding hydrogens is 386 g/mol. The zero-order valence-electron chi connectivity index (χ0n) is 17.2. The van der Waals surface area contributed by atoms with E-state index in [2.05, 4.69) is 31.4 Å². The van der Waals surface area contributed by atoms with E-state index < -0.39 is 0 Å². The molecular formula is C23H28ClN3O2. The van der Waals surface area contributed by atoms with E-state index in [1.165, 1.54) is 0 Å². The van der Waals surface area contributed by atoms with Crippen molar-refractivity contribution in [3.63, 3.8) is 0 Å². The number of benzene rings is 2. The molecule has 1 aliphatic rings. The molecule has 1 saturated heterocycles. The Labute approximate surface area is 177 Å². The largest absolute Gasteiger partial charge is 0.337 e. The summed E-state index contributed by atoms with van der Waals surface area (Å²) in [6, 6.07) is 12.6. The predicted octanol–water partition coefficient (Wildman–Crippen LogP) is 4.33. The van der Waals surface area contributed by atoms with Gasteiger partial charge in [-0.3, -0.25) is 9.59 Å². The summed E-state index contributed by atoms with van der Waals surface area (Å²) in [5.74, 6) is -0.300. The van der Waals surface area contributed by atoms with Gasteiger partial charge in [-0.2, -0.15) is 0 Å². The summed E-state index contributed by atoms with van der Waals surface area (Å²) in [6.45, 7) is 9.48. The maximum atomic E-state index is 12.8. The van der Waals surface area contributed by atoms with E-state index in [-0.39, 0.29) is 17.2 Å². The molecule has 0 aliphatic carbocycles. The van der Waals surface area contributed by atoms with Gasteiger partial charge in [-0.25, -0.2) is 0 Å². The Kier molecular flexibility index (Phi) is 6.60. The van der Waals surface area contributed by atoms with Crippen molar-refractivity contribution in [3.05, 3.63) is 64.2 Å². The summed E-state index contributed by atoms with van der Waals surface area (Å²) >= 11 is 6.28. The van der Waals surface area contributed by atoms with E-state index in [0.717, 1.165) is 31.6 Å². The maximum Gasteiger partial charge on any atom is 0.255 e. The van der Waals surface area contributed by atoms with Crippen molar-refractivity contribution in [3.8, 4) is 0 Å². The minimum Gasteiger partial charge on any atom is -0.337 e. The number of carbonyl (C=O) groups is 2. The molecule has 2 N–H and O–H groups in total. The lowest BCUT2D eigenvalue weighted by molar-refractivity contribution is 0.0766. The van der Waals surface area contributed by atoms with Crippen LogP contribution in [0.4, 0.5) is 5.69 Å². The monoisotopic (exact) mass is 413 g/mol. The first kappa shape index (κ1) is 21.3. The summed E-state index contributed by atoms with van der Waals surface area (Å²) in [6.07, 6.45) is 0.924. The second kappa shape index (κ2) is 8.97. The molecule has 2 amide bonds. The van der Waals surface area contributed by atoms with Gasteiger partial charge in [-0.15, -0.1) is 0 Å². The SMILES string of the molecule is CC(C)(C)c1ccc(C(=O)Nc2cc(C(=O)N3CCCNCC3)ccc2Cl)cc1. The number of halogens is 1. The molecule has 0 atom stereocenters. The van der Waals surface area contributed by atoms with Gasteiger partial charge in [0, 0.05) is 30.8 Å². The second-order valence-corrected chi connectivity index (χ2v) is 8.78. The van der Waals surface area contributed by atoms with Crippen molar-refractivity contribution in [2.75, 3.05) is 31.5 Å². The summed E-state index contributed by atoms with van der Waals surface area (Å²) in [4.78, 5) is 27.4. The van der Waals surface area contributed by atoms with Crippen LogP contribution in [0, 0.1) is 0 Å². The standard InChI is InChI=1S/C23H28ClN3O2/c1-23(2,3)18-8-5-16(6-9-18)21(28)26-20-15-17(7-10-19(20)24)22(29)27-13-4-11-25-12-14-27/h5-10,15,25H,4,11-14H2,1-3H3,(H,26,28). The summed E-state index contributed by atoms with van der Waals surface area (Å²) in [5, 5.41) is 6.53. The van der Waals surface area contributed by atoms with Crippen molar-refractivity contribution in [1.29, 1.82) is 0 Å². The van der Waals surface area contributed by atoms with Crippen molar-refractivity contribution >= 4 is 29.1 Å². The Balaban J connectivity index is 1.76. The summed E-state index contributed by atoms with van der Waals surface area (Å²) in [7, 11) is 0. The minimum absolute atomic E-state index is 0.0237. The average molecular weight is 414 g/mol. The van der Waals surface area contributed by atoms with Crippen LogP contribution in [-0.4, -0.2) is 42.9 Å². The maximum absolute atomic E-state index is 12.8. The van der Waals surface area contributed by atoms with Crippen molar-refractivity contribution in [1.82, 2.24) is 10.2 Å². The van der Waals surface area contributed by atoms with Gasteiger partial charge in [0.05, 0.1) is 10.7 Å². The van der Waals surface area contributed by atoms with Gasteiger partial charge in [0.15, 0.2) is 0 Å². The van der Waals surface area contributed by atoms with Crippen LogP contribution in [0.5, 0.6) is 0 Å². The van der Waals surface area contributed by atoms with Gasteiger partial charge in [0.25, 0.3) is 11.8 Å². The van der Waals surface area contributed by atoms with E-state index >= 15 is 0 Å². The van der Waals surface area contributed by atoms with E-state index in [9.17, 15) is 9.59 Å². The third-order valence-corrected chi connectivity index (χ3v) is 5.43. The Morgan fingerprint density at radius 1 is 1.00 bits per heavy atom. The topological polar surface area (TPSA) is 61.4 Å². The zero-order valence-corrected chi connectivity index (χ0v) is 18.0. The molecule has 1 aliphatic heterocycles. The number of hydrogen-bond acceptors (Lipinski definition) is 3. The lowest BCUT2D eigenvalue weighted by Gasteiger charge is -2.20. The lowest BCUT2D eigenvalue weighted by atomic mass is 9.87. The molecule has 0 aromatic heterocycles. The first-order chi connectivity index (χ1) is 13.8. The third-order valence-electron chi connectivity index (χ3n) is 5.10. The molecule has 0 bridgehead atoms. The highest BCUT2D eigenvalue weighted by Crippen LogP contribution is 2.26. The highest BCUT2D eigenvalue weighted by atomic mass is 35.5. The van der Waals surface area contributed by atoms with E-state index in [0.29, 0.717) is 28.4 Å². The highest BCUT2D eigenvalue weighted by molar-refractivity contribution is 6.34. The molecule has 3 rings (SSSR count).